The van der Waals surface area contributed by atoms with E-state index in [4.69, 9.17) is 29.0 Å². The summed E-state index contributed by atoms with van der Waals surface area (Å²) in [6.07, 6.45) is 10.7. The van der Waals surface area contributed by atoms with E-state index < -0.39 is 48.1 Å². The molecule has 1 N–H and O–H groups in total. The molecule has 4 aliphatic heterocycles. The molecule has 24 heteroatoms. The SMILES string of the molecule is O=C(OC[C@@H]1CC(c2ccc(-c3ccc(N4C[C@H](Cn5ccnn5)OC4=O)cc3F)cn2)=NO1)c1cccnc1.O=C1O[C@@H](Cn2ccnn2)CN1c1ccc(-c2ccc(C3=NOC(CO)C3)nc2)c(F)c1. The largest absolute Gasteiger partial charge is 0.458 e. The number of benzene rings is 2. The first-order chi connectivity index (χ1) is 35.1. The fourth-order valence-corrected chi connectivity index (χ4v) is 8.07. The number of rotatable bonds is 14. The van der Waals surface area contributed by atoms with Gasteiger partial charge in [0.15, 0.2) is 12.2 Å². The van der Waals surface area contributed by atoms with Crippen LogP contribution >= 0.6 is 0 Å². The van der Waals surface area contributed by atoms with Crippen molar-refractivity contribution in [2.45, 2.75) is 50.3 Å². The van der Waals surface area contributed by atoms with Crippen LogP contribution in [0.25, 0.3) is 22.3 Å². The molecule has 0 spiro atoms. The summed E-state index contributed by atoms with van der Waals surface area (Å²) in [4.78, 5) is 62.7. The number of nitrogens with zero attached hydrogens (tertiary/aromatic N) is 13. The number of cyclic esters (lactones) is 2. The average molecular weight is 982 g/mol. The number of ether oxygens (including phenoxy) is 3. The minimum Gasteiger partial charge on any atom is -0.458 e. The summed E-state index contributed by atoms with van der Waals surface area (Å²) in [7, 11) is 0. The van der Waals surface area contributed by atoms with E-state index >= 15 is 4.39 Å². The van der Waals surface area contributed by atoms with Gasteiger partial charge in [-0.2, -0.15) is 0 Å². The highest BCUT2D eigenvalue weighted by molar-refractivity contribution is 6.00. The standard InChI is InChI=1S/C27H22FN7O5.C21H19FN6O4/c28-23-10-19(35-15-21(39-27(35)37)14-34-9-8-31-33-34)4-5-22(23)17-3-6-24(30-13-17)25-11-20(40-32-25)16-38-26(36)18-2-1-7-29-12-18;22-18-7-14(28-11-16(31-21(28)30)10-27-6-5-24-26-27)2-3-17(18)13-1-4-19(23-9-13)20-8-15(12-29)32-25-20/h1-10,12-13,20-21H,11,14-16H2;1-7,9,15-16,29H,8,10-12H2/t20-,21-;15?,16-/m00/s1. The molecular formula is C48H41F2N13O9. The van der Waals surface area contributed by atoms with Crippen LogP contribution in [0.2, 0.25) is 0 Å². The van der Waals surface area contributed by atoms with Crippen molar-refractivity contribution in [3.05, 3.63) is 151 Å². The summed E-state index contributed by atoms with van der Waals surface area (Å²) in [5.74, 6) is -1.48. The number of anilines is 2. The molecule has 2 aromatic carbocycles. The van der Waals surface area contributed by atoms with E-state index in [1.807, 2.05) is 0 Å². The molecule has 4 atom stereocenters. The van der Waals surface area contributed by atoms with Crippen molar-refractivity contribution >= 4 is 41.0 Å². The van der Waals surface area contributed by atoms with Gasteiger partial charge in [-0.25, -0.2) is 32.5 Å². The minimum absolute atomic E-state index is 0.0299. The number of aliphatic hydroxyl groups is 1. The first-order valence-electron chi connectivity index (χ1n) is 22.4. The van der Waals surface area contributed by atoms with Gasteiger partial charge in [-0.1, -0.05) is 32.9 Å². The Bertz CT molecular complexity index is 3110. The summed E-state index contributed by atoms with van der Waals surface area (Å²) in [5.41, 5.74) is 5.41. The maximum atomic E-state index is 15.1. The Kier molecular flexibility index (Phi) is 13.5. The van der Waals surface area contributed by atoms with Crippen LogP contribution in [-0.4, -0.2) is 130 Å². The van der Waals surface area contributed by atoms with Crippen molar-refractivity contribution in [1.29, 1.82) is 0 Å². The van der Waals surface area contributed by atoms with Crippen LogP contribution in [-0.2, 0) is 37.0 Å². The summed E-state index contributed by atoms with van der Waals surface area (Å²) >= 11 is 0. The second-order valence-corrected chi connectivity index (χ2v) is 16.6. The molecule has 2 amide bonds. The lowest BCUT2D eigenvalue weighted by molar-refractivity contribution is 0.00683. The molecule has 1 unspecified atom stereocenters. The number of aromatic nitrogens is 9. The van der Waals surface area contributed by atoms with Gasteiger partial charge in [0.1, 0.15) is 41.9 Å². The number of oxime groups is 2. The van der Waals surface area contributed by atoms with Gasteiger partial charge in [0, 0.05) is 72.3 Å². The molecule has 0 radical (unpaired) electrons. The van der Waals surface area contributed by atoms with Crippen LogP contribution in [0.4, 0.5) is 29.7 Å². The Morgan fingerprint density at radius 3 is 1.65 bits per heavy atom. The summed E-state index contributed by atoms with van der Waals surface area (Å²) in [6.45, 7) is 1.19. The number of hydrogen-bond donors (Lipinski definition) is 1. The van der Waals surface area contributed by atoms with Gasteiger partial charge in [0.05, 0.1) is 73.5 Å². The third-order valence-electron chi connectivity index (χ3n) is 11.7. The van der Waals surface area contributed by atoms with Gasteiger partial charge in [0.25, 0.3) is 0 Å². The molecule has 0 saturated carbocycles. The third kappa shape index (κ3) is 10.6. The van der Waals surface area contributed by atoms with Crippen molar-refractivity contribution in [2.75, 3.05) is 36.1 Å². The topological polar surface area (TPSA) is 249 Å². The lowest BCUT2D eigenvalue weighted by Crippen LogP contribution is -2.26. The Morgan fingerprint density at radius 2 is 1.21 bits per heavy atom. The van der Waals surface area contributed by atoms with E-state index in [0.717, 1.165) is 0 Å². The summed E-state index contributed by atoms with van der Waals surface area (Å²) in [6, 6.07) is 19.4. The molecule has 11 rings (SSSR count). The normalized spacial score (nSPS) is 19.2. The molecule has 2 fully saturated rings. The van der Waals surface area contributed by atoms with Crippen LogP contribution in [0.1, 0.15) is 34.6 Å². The predicted molar refractivity (Wildman–Crippen MR) is 248 cm³/mol. The highest BCUT2D eigenvalue weighted by Crippen LogP contribution is 2.32. The molecule has 7 aromatic rings. The van der Waals surface area contributed by atoms with E-state index in [1.54, 1.807) is 113 Å². The average Bonchev–Trinajstić information content (AvgIpc) is 4.29. The minimum atomic E-state index is -0.548. The van der Waals surface area contributed by atoms with Crippen molar-refractivity contribution in [2.24, 2.45) is 10.3 Å². The second kappa shape index (κ2) is 20.9. The quantitative estimate of drug-likeness (QED) is 0.108. The first kappa shape index (κ1) is 46.7. The van der Waals surface area contributed by atoms with Crippen LogP contribution in [0.3, 0.4) is 0 Å². The fourth-order valence-electron chi connectivity index (χ4n) is 8.07. The number of aliphatic hydroxyl groups excluding tert-OH is 1. The zero-order chi connectivity index (χ0) is 49.6. The number of hydrogen-bond acceptors (Lipinski definition) is 18. The number of carbonyl (C=O) groups is 3. The first-order valence-corrected chi connectivity index (χ1v) is 22.4. The van der Waals surface area contributed by atoms with Gasteiger partial charge < -0.3 is 29.0 Å². The molecule has 5 aromatic heterocycles. The zero-order valence-electron chi connectivity index (χ0n) is 37.8. The van der Waals surface area contributed by atoms with Gasteiger partial charge in [-0.15, -0.1) is 10.2 Å². The maximum Gasteiger partial charge on any atom is 0.414 e. The molecule has 22 nitrogen and oxygen atoms in total. The number of halogens is 2. The summed E-state index contributed by atoms with van der Waals surface area (Å²) in [5, 5.41) is 32.4. The molecule has 72 heavy (non-hydrogen) atoms. The van der Waals surface area contributed by atoms with E-state index in [1.165, 1.54) is 28.1 Å². The molecule has 2 saturated heterocycles. The van der Waals surface area contributed by atoms with Crippen molar-refractivity contribution < 1.29 is 52.2 Å². The van der Waals surface area contributed by atoms with Gasteiger partial charge in [-0.3, -0.25) is 24.8 Å². The Morgan fingerprint density at radius 1 is 0.667 bits per heavy atom. The van der Waals surface area contributed by atoms with Crippen molar-refractivity contribution in [3.8, 4) is 22.3 Å². The number of esters is 1. The van der Waals surface area contributed by atoms with Gasteiger partial charge in [0.2, 0.25) is 0 Å². The van der Waals surface area contributed by atoms with Crippen LogP contribution in [0, 0.1) is 11.6 Å². The molecule has 4 aliphatic rings. The van der Waals surface area contributed by atoms with Crippen LogP contribution < -0.4 is 9.80 Å². The van der Waals surface area contributed by atoms with E-state index in [2.05, 4.69) is 45.9 Å². The van der Waals surface area contributed by atoms with Crippen LogP contribution in [0.5, 0.6) is 0 Å². The molecular weight excluding hydrogens is 941 g/mol. The van der Waals surface area contributed by atoms with Crippen LogP contribution in [0.15, 0.2) is 133 Å². The Hall–Kier alpha value is -9.06. The van der Waals surface area contributed by atoms with Gasteiger partial charge >= 0.3 is 18.2 Å². The number of pyridine rings is 3. The lowest BCUT2D eigenvalue weighted by Gasteiger charge is -2.14. The van der Waals surface area contributed by atoms with E-state index in [9.17, 15) is 18.8 Å². The molecule has 0 aliphatic carbocycles. The molecule has 9 heterocycles. The van der Waals surface area contributed by atoms with Gasteiger partial charge in [-0.05, 0) is 60.7 Å². The maximum absolute atomic E-state index is 15.1. The van der Waals surface area contributed by atoms with Crippen molar-refractivity contribution in [1.82, 2.24) is 44.9 Å². The Labute approximate surface area is 407 Å². The third-order valence-corrected chi connectivity index (χ3v) is 11.7. The molecule has 366 valence electrons. The monoisotopic (exact) mass is 981 g/mol. The van der Waals surface area contributed by atoms with E-state index in [0.29, 0.717) is 87.9 Å². The zero-order valence-corrected chi connectivity index (χ0v) is 37.8. The number of amides is 2. The van der Waals surface area contributed by atoms with Crippen molar-refractivity contribution in [3.63, 3.8) is 0 Å². The molecule has 0 bridgehead atoms. The summed E-state index contributed by atoms with van der Waals surface area (Å²) < 4.78 is 49.2. The number of carbonyl (C=O) groups excluding carboxylic acids is 3. The Balaban J connectivity index is 0.000000170. The van der Waals surface area contributed by atoms with E-state index in [-0.39, 0.29) is 32.4 Å². The second-order valence-electron chi connectivity index (χ2n) is 16.6. The predicted octanol–water partition coefficient (Wildman–Crippen LogP) is 5.24. The highest BCUT2D eigenvalue weighted by Gasteiger charge is 2.35. The fraction of sp³-hybridized carbons (Fsp3) is 0.250. The smallest absolute Gasteiger partial charge is 0.414 e. The highest BCUT2D eigenvalue weighted by atomic mass is 19.1. The lowest BCUT2D eigenvalue weighted by atomic mass is 10.0.